The first-order chi connectivity index (χ1) is 10.9. The number of nitrogens with zero attached hydrogens (tertiary/aromatic N) is 1. The molecule has 0 unspecified atom stereocenters. The maximum Gasteiger partial charge on any atom is 0.305 e. The molecule has 0 aliphatic carbocycles. The molecule has 23 heavy (non-hydrogen) atoms. The molecule has 6 nitrogen and oxygen atoms in total. The van der Waals surface area contributed by atoms with Crippen molar-refractivity contribution in [2.45, 2.75) is 0 Å². The van der Waals surface area contributed by atoms with Crippen molar-refractivity contribution in [3.63, 3.8) is 0 Å². The largest absolute Gasteiger partial charge is 0.484 e. The van der Waals surface area contributed by atoms with Gasteiger partial charge in [-0.2, -0.15) is 4.39 Å². The van der Waals surface area contributed by atoms with Crippen molar-refractivity contribution >= 4 is 49.1 Å². The Hall–Kier alpha value is -2.00. The van der Waals surface area contributed by atoms with Crippen molar-refractivity contribution in [3.05, 3.63) is 61.3 Å². The fraction of sp³-hybridized carbons (Fsp3) is 0.0714. The lowest BCUT2D eigenvalue weighted by molar-refractivity contribution is -0.387. The van der Waals surface area contributed by atoms with E-state index in [2.05, 4.69) is 37.2 Å². The number of carbonyl (C=O) groups is 1. The Bertz CT molecular complexity index is 770. The van der Waals surface area contributed by atoms with E-state index in [1.54, 1.807) is 18.2 Å². The molecular weight excluding hydrogens is 439 g/mol. The van der Waals surface area contributed by atoms with Crippen LogP contribution in [0.5, 0.6) is 5.75 Å². The molecular formula is C14H9Br2FN2O4. The van der Waals surface area contributed by atoms with Crippen molar-refractivity contribution in [1.29, 1.82) is 0 Å². The zero-order valence-electron chi connectivity index (χ0n) is 11.4. The number of nitrogens with one attached hydrogen (secondary N) is 1. The molecule has 0 radical (unpaired) electrons. The Kier molecular flexibility index (Phi) is 5.67. The predicted molar refractivity (Wildman–Crippen MR) is 89.0 cm³/mol. The van der Waals surface area contributed by atoms with Crippen LogP contribution in [0.15, 0.2) is 45.3 Å². The smallest absolute Gasteiger partial charge is 0.305 e. The molecule has 1 amide bonds. The van der Waals surface area contributed by atoms with Crippen molar-refractivity contribution in [2.24, 2.45) is 0 Å². The SMILES string of the molecule is O=C(COc1ccc([N+](=O)[O-])c(F)c1)Nc1ccc(Br)cc1Br. The molecule has 0 aliphatic rings. The molecule has 0 spiro atoms. The van der Waals surface area contributed by atoms with Gasteiger partial charge in [0.05, 0.1) is 10.6 Å². The summed E-state index contributed by atoms with van der Waals surface area (Å²) in [6.45, 7) is -0.361. The Labute approximate surface area is 147 Å². The second kappa shape index (κ2) is 7.51. The number of ether oxygens (including phenoxy) is 1. The average Bonchev–Trinajstić information content (AvgIpc) is 2.48. The third-order valence-electron chi connectivity index (χ3n) is 2.69. The number of halogens is 3. The highest BCUT2D eigenvalue weighted by molar-refractivity contribution is 9.11. The second-order valence-corrected chi connectivity index (χ2v) is 6.10. The molecule has 0 aromatic heterocycles. The third-order valence-corrected chi connectivity index (χ3v) is 3.84. The summed E-state index contributed by atoms with van der Waals surface area (Å²) >= 11 is 6.60. The van der Waals surface area contributed by atoms with Crippen LogP contribution in [-0.4, -0.2) is 17.4 Å². The van der Waals surface area contributed by atoms with Gasteiger partial charge in [0.25, 0.3) is 5.91 Å². The van der Waals surface area contributed by atoms with E-state index >= 15 is 0 Å². The normalized spacial score (nSPS) is 10.2. The van der Waals surface area contributed by atoms with E-state index in [9.17, 15) is 19.3 Å². The predicted octanol–water partition coefficient (Wildman–Crippen LogP) is 4.28. The fourth-order valence-electron chi connectivity index (χ4n) is 1.65. The highest BCUT2D eigenvalue weighted by Gasteiger charge is 2.15. The van der Waals surface area contributed by atoms with Crippen LogP contribution in [0.1, 0.15) is 0 Å². The summed E-state index contributed by atoms with van der Waals surface area (Å²) in [5.41, 5.74) is -0.0997. The van der Waals surface area contributed by atoms with Crippen molar-refractivity contribution in [1.82, 2.24) is 0 Å². The van der Waals surface area contributed by atoms with Crippen LogP contribution in [0, 0.1) is 15.9 Å². The molecule has 2 aromatic carbocycles. The number of carbonyl (C=O) groups excluding carboxylic acids is 1. The molecule has 9 heteroatoms. The molecule has 2 rings (SSSR count). The molecule has 120 valence electrons. The quantitative estimate of drug-likeness (QED) is 0.548. The zero-order chi connectivity index (χ0) is 17.0. The first-order valence-electron chi connectivity index (χ1n) is 6.18. The van der Waals surface area contributed by atoms with Gasteiger partial charge in [-0.3, -0.25) is 14.9 Å². The number of nitro groups is 1. The molecule has 0 atom stereocenters. The lowest BCUT2D eigenvalue weighted by Gasteiger charge is -2.09. The van der Waals surface area contributed by atoms with Gasteiger partial charge < -0.3 is 10.1 Å². The molecule has 0 bridgehead atoms. The van der Waals surface area contributed by atoms with E-state index in [0.717, 1.165) is 16.6 Å². The van der Waals surface area contributed by atoms with E-state index < -0.39 is 22.3 Å². The van der Waals surface area contributed by atoms with Crippen LogP contribution in [0.4, 0.5) is 15.8 Å². The van der Waals surface area contributed by atoms with Gasteiger partial charge in [0, 0.05) is 21.1 Å². The fourth-order valence-corrected chi connectivity index (χ4v) is 2.80. The average molecular weight is 448 g/mol. The number of hydrogen-bond acceptors (Lipinski definition) is 4. The van der Waals surface area contributed by atoms with E-state index in [1.165, 1.54) is 6.07 Å². The molecule has 0 heterocycles. The Morgan fingerprint density at radius 2 is 2.00 bits per heavy atom. The van der Waals surface area contributed by atoms with Gasteiger partial charge in [-0.1, -0.05) is 15.9 Å². The molecule has 0 fully saturated rings. The summed E-state index contributed by atoms with van der Waals surface area (Å²) in [5, 5.41) is 13.1. The lowest BCUT2D eigenvalue weighted by Crippen LogP contribution is -2.20. The van der Waals surface area contributed by atoms with Crippen molar-refractivity contribution < 1.29 is 18.8 Å². The monoisotopic (exact) mass is 446 g/mol. The molecule has 0 saturated carbocycles. The number of hydrogen-bond donors (Lipinski definition) is 1. The number of amides is 1. The number of rotatable bonds is 5. The highest BCUT2D eigenvalue weighted by Crippen LogP contribution is 2.26. The van der Waals surface area contributed by atoms with Gasteiger partial charge in [0.2, 0.25) is 5.82 Å². The first kappa shape index (κ1) is 17.4. The Morgan fingerprint density at radius 1 is 1.26 bits per heavy atom. The maximum absolute atomic E-state index is 13.4. The summed E-state index contributed by atoms with van der Waals surface area (Å²) in [5.74, 6) is -1.45. The summed E-state index contributed by atoms with van der Waals surface area (Å²) in [4.78, 5) is 21.5. The van der Waals surface area contributed by atoms with Crippen LogP contribution in [0.3, 0.4) is 0 Å². The van der Waals surface area contributed by atoms with E-state index in [-0.39, 0.29) is 12.4 Å². The molecule has 1 N–H and O–H groups in total. The van der Waals surface area contributed by atoms with Gasteiger partial charge in [-0.15, -0.1) is 0 Å². The van der Waals surface area contributed by atoms with E-state index in [0.29, 0.717) is 10.2 Å². The molecule has 0 aliphatic heterocycles. The minimum Gasteiger partial charge on any atom is -0.484 e. The Morgan fingerprint density at radius 3 is 2.61 bits per heavy atom. The standard InChI is InChI=1S/C14H9Br2FN2O4/c15-8-1-3-12(10(16)5-8)18-14(20)7-23-9-2-4-13(19(21)22)11(17)6-9/h1-6H,7H2,(H,18,20). The maximum atomic E-state index is 13.4. The van der Waals surface area contributed by atoms with Crippen LogP contribution < -0.4 is 10.1 Å². The van der Waals surface area contributed by atoms with E-state index in [1.807, 2.05) is 0 Å². The van der Waals surface area contributed by atoms with E-state index in [4.69, 9.17) is 4.74 Å². The zero-order valence-corrected chi connectivity index (χ0v) is 14.6. The summed E-state index contributed by atoms with van der Waals surface area (Å²) in [7, 11) is 0. The molecule has 2 aromatic rings. The Balaban J connectivity index is 1.96. The van der Waals surface area contributed by atoms with Gasteiger partial charge in [-0.05, 0) is 40.2 Å². The minimum atomic E-state index is -1.02. The summed E-state index contributed by atoms with van der Waals surface area (Å²) in [6.07, 6.45) is 0. The summed E-state index contributed by atoms with van der Waals surface area (Å²) in [6, 6.07) is 8.28. The van der Waals surface area contributed by atoms with Crippen LogP contribution >= 0.6 is 31.9 Å². The number of anilines is 1. The molecule has 0 saturated heterocycles. The van der Waals surface area contributed by atoms with Crippen LogP contribution in [0.2, 0.25) is 0 Å². The third kappa shape index (κ3) is 4.73. The van der Waals surface area contributed by atoms with Gasteiger partial charge in [0.1, 0.15) is 5.75 Å². The van der Waals surface area contributed by atoms with Crippen molar-refractivity contribution in [3.8, 4) is 5.75 Å². The van der Waals surface area contributed by atoms with Crippen LogP contribution in [-0.2, 0) is 4.79 Å². The van der Waals surface area contributed by atoms with Gasteiger partial charge in [0.15, 0.2) is 6.61 Å². The number of benzene rings is 2. The number of nitro benzene ring substituents is 1. The summed E-state index contributed by atoms with van der Waals surface area (Å²) < 4.78 is 20.1. The van der Waals surface area contributed by atoms with Crippen molar-refractivity contribution in [2.75, 3.05) is 11.9 Å². The minimum absolute atomic E-state index is 0.0260. The van der Waals surface area contributed by atoms with Gasteiger partial charge in [-0.25, -0.2) is 0 Å². The highest BCUT2D eigenvalue weighted by atomic mass is 79.9. The lowest BCUT2D eigenvalue weighted by atomic mass is 10.3. The van der Waals surface area contributed by atoms with Gasteiger partial charge >= 0.3 is 5.69 Å². The van der Waals surface area contributed by atoms with Crippen LogP contribution in [0.25, 0.3) is 0 Å². The first-order valence-corrected chi connectivity index (χ1v) is 7.77. The topological polar surface area (TPSA) is 81.5 Å². The second-order valence-electron chi connectivity index (χ2n) is 4.33.